The van der Waals surface area contributed by atoms with Crippen LogP contribution in [0.4, 0.5) is 0 Å². The standard InChI is InChI=1S/C10H22N4O4S3/c11-20(15,16)13-3-1-9(5-13)7-19-8-10-2-4-14(6-10)21(12,17)18/h9-10H,1-8H2,(H2,11,15,16)(H2,12,17,18). The molecule has 0 aromatic rings. The van der Waals surface area contributed by atoms with E-state index in [4.69, 9.17) is 10.3 Å². The summed E-state index contributed by atoms with van der Waals surface area (Å²) in [5, 5.41) is 10.2. The average molecular weight is 359 g/mol. The highest BCUT2D eigenvalue weighted by Crippen LogP contribution is 2.26. The van der Waals surface area contributed by atoms with Crippen molar-refractivity contribution in [3.05, 3.63) is 0 Å². The van der Waals surface area contributed by atoms with E-state index in [1.165, 1.54) is 8.61 Å². The molecule has 124 valence electrons. The highest BCUT2D eigenvalue weighted by atomic mass is 32.2. The molecule has 0 aromatic heterocycles. The molecule has 11 heteroatoms. The van der Waals surface area contributed by atoms with Crippen molar-refractivity contribution in [1.82, 2.24) is 8.61 Å². The van der Waals surface area contributed by atoms with Gasteiger partial charge in [0.05, 0.1) is 0 Å². The van der Waals surface area contributed by atoms with Gasteiger partial charge in [-0.3, -0.25) is 0 Å². The molecule has 2 heterocycles. The zero-order chi connectivity index (χ0) is 15.7. The summed E-state index contributed by atoms with van der Waals surface area (Å²) >= 11 is 1.75. The Bertz CT molecular complexity index is 515. The number of hydrogen-bond acceptors (Lipinski definition) is 5. The third kappa shape index (κ3) is 5.05. The Labute approximate surface area is 130 Å². The number of hydrogen-bond donors (Lipinski definition) is 2. The fourth-order valence-electron chi connectivity index (χ4n) is 2.73. The Balaban J connectivity index is 1.68. The predicted octanol–water partition coefficient (Wildman–Crippen LogP) is -1.23. The minimum atomic E-state index is -3.56. The van der Waals surface area contributed by atoms with Crippen LogP contribution in [0.2, 0.25) is 0 Å². The van der Waals surface area contributed by atoms with Gasteiger partial charge in [0, 0.05) is 26.2 Å². The van der Waals surface area contributed by atoms with Crippen LogP contribution in [0.3, 0.4) is 0 Å². The molecule has 4 N–H and O–H groups in total. The lowest BCUT2D eigenvalue weighted by Gasteiger charge is -2.14. The summed E-state index contributed by atoms with van der Waals surface area (Å²) < 4.78 is 47.5. The molecular weight excluding hydrogens is 336 g/mol. The first-order valence-corrected chi connectivity index (χ1v) is 11.0. The Morgan fingerprint density at radius 3 is 1.52 bits per heavy atom. The summed E-state index contributed by atoms with van der Waals surface area (Å²) in [7, 11) is -7.13. The largest absolute Gasteiger partial charge is 0.276 e. The molecule has 0 aliphatic carbocycles. The molecule has 0 bridgehead atoms. The highest BCUT2D eigenvalue weighted by molar-refractivity contribution is 7.99. The van der Waals surface area contributed by atoms with Crippen molar-refractivity contribution in [3.8, 4) is 0 Å². The van der Waals surface area contributed by atoms with Crippen LogP contribution in [0.1, 0.15) is 12.8 Å². The number of thioether (sulfide) groups is 1. The summed E-state index contributed by atoms with van der Waals surface area (Å²) in [6.07, 6.45) is 1.66. The van der Waals surface area contributed by atoms with Crippen molar-refractivity contribution in [2.45, 2.75) is 12.8 Å². The van der Waals surface area contributed by atoms with E-state index in [9.17, 15) is 16.8 Å². The van der Waals surface area contributed by atoms with Crippen LogP contribution in [0, 0.1) is 11.8 Å². The van der Waals surface area contributed by atoms with E-state index >= 15 is 0 Å². The van der Waals surface area contributed by atoms with Gasteiger partial charge in [-0.25, -0.2) is 10.3 Å². The molecule has 2 fully saturated rings. The molecule has 0 aromatic carbocycles. The second-order valence-electron chi connectivity index (χ2n) is 5.65. The molecule has 2 atom stereocenters. The summed E-state index contributed by atoms with van der Waals surface area (Å²) in [6.45, 7) is 1.96. The van der Waals surface area contributed by atoms with Gasteiger partial charge in [-0.05, 0) is 36.2 Å². The summed E-state index contributed by atoms with van der Waals surface area (Å²) in [4.78, 5) is 0. The van der Waals surface area contributed by atoms with Gasteiger partial charge < -0.3 is 0 Å². The molecule has 0 radical (unpaired) electrons. The lowest BCUT2D eigenvalue weighted by Crippen LogP contribution is -2.35. The first-order chi connectivity index (χ1) is 9.66. The Morgan fingerprint density at radius 1 is 0.857 bits per heavy atom. The van der Waals surface area contributed by atoms with Gasteiger partial charge in [-0.1, -0.05) is 0 Å². The van der Waals surface area contributed by atoms with Crippen LogP contribution in [0.25, 0.3) is 0 Å². The molecule has 2 rings (SSSR count). The van der Waals surface area contributed by atoms with E-state index in [-0.39, 0.29) is 0 Å². The molecule has 2 unspecified atom stereocenters. The van der Waals surface area contributed by atoms with Gasteiger partial charge in [0.2, 0.25) is 0 Å². The van der Waals surface area contributed by atoms with Crippen LogP contribution in [0.15, 0.2) is 0 Å². The van der Waals surface area contributed by atoms with Gasteiger partial charge >= 0.3 is 0 Å². The minimum absolute atomic E-state index is 0.323. The average Bonchev–Trinajstić information content (AvgIpc) is 2.95. The van der Waals surface area contributed by atoms with Crippen LogP contribution in [-0.2, 0) is 20.4 Å². The van der Waals surface area contributed by atoms with Crippen LogP contribution in [-0.4, -0.2) is 63.1 Å². The molecule has 0 amide bonds. The molecule has 8 nitrogen and oxygen atoms in total. The van der Waals surface area contributed by atoms with Crippen molar-refractivity contribution >= 4 is 32.2 Å². The van der Waals surface area contributed by atoms with E-state index in [2.05, 4.69) is 0 Å². The van der Waals surface area contributed by atoms with E-state index in [0.29, 0.717) is 38.0 Å². The van der Waals surface area contributed by atoms with E-state index in [0.717, 1.165) is 24.3 Å². The lowest BCUT2D eigenvalue weighted by atomic mass is 10.1. The quantitative estimate of drug-likeness (QED) is 0.615. The smallest absolute Gasteiger partial charge is 0.216 e. The summed E-state index contributed by atoms with van der Waals surface area (Å²) in [5.41, 5.74) is 0. The third-order valence-electron chi connectivity index (χ3n) is 3.92. The molecule has 2 aliphatic rings. The molecule has 2 saturated heterocycles. The van der Waals surface area contributed by atoms with Crippen LogP contribution in [0.5, 0.6) is 0 Å². The zero-order valence-corrected chi connectivity index (χ0v) is 14.2. The fraction of sp³-hybridized carbons (Fsp3) is 1.00. The fourth-order valence-corrected chi connectivity index (χ4v) is 5.63. The Kier molecular flexibility index (Phi) is 5.55. The van der Waals surface area contributed by atoms with E-state index in [1.54, 1.807) is 11.8 Å². The summed E-state index contributed by atoms with van der Waals surface area (Å²) in [5.74, 6) is 2.39. The van der Waals surface area contributed by atoms with Crippen molar-refractivity contribution in [2.24, 2.45) is 22.1 Å². The van der Waals surface area contributed by atoms with Gasteiger partial charge in [0.1, 0.15) is 0 Å². The number of rotatable bonds is 6. The molecule has 2 aliphatic heterocycles. The molecule has 0 spiro atoms. The van der Waals surface area contributed by atoms with Gasteiger partial charge in [-0.2, -0.15) is 37.2 Å². The van der Waals surface area contributed by atoms with Gasteiger partial charge in [0.25, 0.3) is 20.4 Å². The zero-order valence-electron chi connectivity index (χ0n) is 11.7. The SMILES string of the molecule is NS(=O)(=O)N1CCC(CSCC2CCN(S(N)(=O)=O)C2)C1. The number of nitrogens with zero attached hydrogens (tertiary/aromatic N) is 2. The first-order valence-electron chi connectivity index (χ1n) is 6.79. The molecule has 0 saturated carbocycles. The Morgan fingerprint density at radius 2 is 1.24 bits per heavy atom. The summed E-state index contributed by atoms with van der Waals surface area (Å²) in [6, 6.07) is 0. The van der Waals surface area contributed by atoms with Gasteiger partial charge in [-0.15, -0.1) is 0 Å². The van der Waals surface area contributed by atoms with Crippen molar-refractivity contribution in [3.63, 3.8) is 0 Å². The minimum Gasteiger partial charge on any atom is -0.216 e. The van der Waals surface area contributed by atoms with E-state index in [1.807, 2.05) is 0 Å². The Hall–Kier alpha value is 0.0900. The lowest BCUT2D eigenvalue weighted by molar-refractivity contribution is 0.466. The third-order valence-corrected chi connectivity index (χ3v) is 7.44. The van der Waals surface area contributed by atoms with E-state index < -0.39 is 20.4 Å². The predicted molar refractivity (Wildman–Crippen MR) is 82.9 cm³/mol. The van der Waals surface area contributed by atoms with Crippen LogP contribution < -0.4 is 10.3 Å². The monoisotopic (exact) mass is 358 g/mol. The van der Waals surface area contributed by atoms with Crippen molar-refractivity contribution in [1.29, 1.82) is 0 Å². The highest BCUT2D eigenvalue weighted by Gasteiger charge is 2.31. The second-order valence-corrected chi connectivity index (χ2v) is 9.82. The molecule has 21 heavy (non-hydrogen) atoms. The maximum absolute atomic E-state index is 11.2. The maximum atomic E-state index is 11.2. The normalized spacial score (nSPS) is 29.2. The van der Waals surface area contributed by atoms with Gasteiger partial charge in [0.15, 0.2) is 0 Å². The first kappa shape index (κ1) is 17.4. The van der Waals surface area contributed by atoms with Crippen molar-refractivity contribution in [2.75, 3.05) is 37.7 Å². The van der Waals surface area contributed by atoms with Crippen molar-refractivity contribution < 1.29 is 16.8 Å². The second kappa shape index (κ2) is 6.69. The number of nitrogens with two attached hydrogens (primary N) is 2. The topological polar surface area (TPSA) is 127 Å². The molecular formula is C10H22N4O4S3. The maximum Gasteiger partial charge on any atom is 0.276 e. The van der Waals surface area contributed by atoms with Crippen LogP contribution >= 0.6 is 11.8 Å².